The Morgan fingerprint density at radius 1 is 0.955 bits per heavy atom. The molecule has 0 aliphatic heterocycles. The Bertz CT molecular complexity index is 293. The van der Waals surface area contributed by atoms with E-state index in [1.807, 2.05) is 0 Å². The van der Waals surface area contributed by atoms with Gasteiger partial charge in [0.25, 0.3) is 0 Å². The van der Waals surface area contributed by atoms with E-state index in [2.05, 4.69) is 32.6 Å². The Kier molecular flexibility index (Phi) is 11.5. The summed E-state index contributed by atoms with van der Waals surface area (Å²) in [6, 6.07) is 0. The van der Waals surface area contributed by atoms with Crippen LogP contribution in [0.4, 0.5) is 0 Å². The predicted octanol–water partition coefficient (Wildman–Crippen LogP) is 7.85. The molecule has 0 aromatic rings. The zero-order valence-electron chi connectivity index (χ0n) is 15.4. The van der Waals surface area contributed by atoms with Crippen LogP contribution in [0.15, 0.2) is 24.3 Å². The van der Waals surface area contributed by atoms with E-state index in [1.165, 1.54) is 95.5 Å². The van der Waals surface area contributed by atoms with Crippen molar-refractivity contribution in [2.75, 3.05) is 0 Å². The van der Waals surface area contributed by atoms with Gasteiger partial charge in [-0.25, -0.2) is 0 Å². The SMILES string of the molecule is C=C(/C=C\C(C)C1CCCC1)CCCCCCCCCCC. The maximum absolute atomic E-state index is 4.23. The Hall–Kier alpha value is -0.520. The summed E-state index contributed by atoms with van der Waals surface area (Å²) in [5.74, 6) is 1.69. The molecule has 0 aromatic carbocycles. The van der Waals surface area contributed by atoms with Crippen molar-refractivity contribution in [2.24, 2.45) is 11.8 Å². The summed E-state index contributed by atoms with van der Waals surface area (Å²) < 4.78 is 0. The van der Waals surface area contributed by atoms with Crippen molar-refractivity contribution in [3.8, 4) is 0 Å². The van der Waals surface area contributed by atoms with E-state index in [4.69, 9.17) is 0 Å². The van der Waals surface area contributed by atoms with Gasteiger partial charge < -0.3 is 0 Å². The van der Waals surface area contributed by atoms with Crippen molar-refractivity contribution in [2.45, 2.75) is 104 Å². The van der Waals surface area contributed by atoms with Crippen LogP contribution in [0.1, 0.15) is 104 Å². The highest BCUT2D eigenvalue weighted by Gasteiger charge is 2.19. The van der Waals surface area contributed by atoms with Gasteiger partial charge in [0.05, 0.1) is 0 Å². The van der Waals surface area contributed by atoms with Crippen molar-refractivity contribution < 1.29 is 0 Å². The quantitative estimate of drug-likeness (QED) is 0.240. The molecule has 0 saturated heterocycles. The van der Waals surface area contributed by atoms with Crippen LogP contribution in [-0.2, 0) is 0 Å². The van der Waals surface area contributed by atoms with Gasteiger partial charge in [-0.15, -0.1) is 0 Å². The summed E-state index contributed by atoms with van der Waals surface area (Å²) in [6.07, 6.45) is 24.4. The van der Waals surface area contributed by atoms with Crippen molar-refractivity contribution in [1.29, 1.82) is 0 Å². The van der Waals surface area contributed by atoms with E-state index in [0.717, 1.165) is 11.8 Å². The molecule has 128 valence electrons. The molecule has 0 aromatic heterocycles. The average molecular weight is 305 g/mol. The molecule has 0 heteroatoms. The summed E-state index contributed by atoms with van der Waals surface area (Å²) in [5, 5.41) is 0. The fraction of sp³-hybridized carbons (Fsp3) is 0.818. The van der Waals surface area contributed by atoms with Gasteiger partial charge in [-0.3, -0.25) is 0 Å². The summed E-state index contributed by atoms with van der Waals surface area (Å²) in [4.78, 5) is 0. The van der Waals surface area contributed by atoms with E-state index in [9.17, 15) is 0 Å². The lowest BCUT2D eigenvalue weighted by molar-refractivity contribution is 0.434. The minimum absolute atomic E-state index is 0.752. The molecule has 0 N–H and O–H groups in total. The van der Waals surface area contributed by atoms with Crippen LogP contribution >= 0.6 is 0 Å². The van der Waals surface area contributed by atoms with Crippen LogP contribution in [0.3, 0.4) is 0 Å². The molecule has 0 amide bonds. The molecule has 0 nitrogen and oxygen atoms in total. The van der Waals surface area contributed by atoms with Gasteiger partial charge in [-0.05, 0) is 37.5 Å². The molecule has 22 heavy (non-hydrogen) atoms. The smallest absolute Gasteiger partial charge is 0.0230 e. The third-order valence-electron chi connectivity index (χ3n) is 5.38. The maximum atomic E-state index is 4.23. The van der Waals surface area contributed by atoms with Gasteiger partial charge in [0.2, 0.25) is 0 Å². The molecule has 1 fully saturated rings. The second kappa shape index (κ2) is 13.0. The third-order valence-corrected chi connectivity index (χ3v) is 5.38. The first kappa shape index (κ1) is 19.5. The van der Waals surface area contributed by atoms with Crippen molar-refractivity contribution >= 4 is 0 Å². The predicted molar refractivity (Wildman–Crippen MR) is 101 cm³/mol. The highest BCUT2D eigenvalue weighted by molar-refractivity contribution is 5.15. The molecule has 1 aliphatic carbocycles. The van der Waals surface area contributed by atoms with Gasteiger partial charge in [0, 0.05) is 0 Å². The van der Waals surface area contributed by atoms with Crippen LogP contribution in [0, 0.1) is 11.8 Å². The van der Waals surface area contributed by atoms with E-state index in [1.54, 1.807) is 0 Å². The minimum Gasteiger partial charge on any atom is -0.0958 e. The molecule has 1 aliphatic rings. The van der Waals surface area contributed by atoms with Crippen LogP contribution in [0.5, 0.6) is 0 Å². The summed E-state index contributed by atoms with van der Waals surface area (Å²) >= 11 is 0. The van der Waals surface area contributed by atoms with Gasteiger partial charge in [0.1, 0.15) is 0 Å². The van der Waals surface area contributed by atoms with Crippen molar-refractivity contribution in [3.05, 3.63) is 24.3 Å². The fourth-order valence-corrected chi connectivity index (χ4v) is 3.67. The molecular formula is C22H40. The second-order valence-electron chi connectivity index (χ2n) is 7.50. The van der Waals surface area contributed by atoms with Gasteiger partial charge >= 0.3 is 0 Å². The molecule has 0 spiro atoms. The van der Waals surface area contributed by atoms with Crippen LogP contribution < -0.4 is 0 Å². The zero-order chi connectivity index (χ0) is 16.0. The average Bonchev–Trinajstić information content (AvgIpc) is 3.05. The first-order chi connectivity index (χ1) is 10.7. The molecule has 0 radical (unpaired) electrons. The fourth-order valence-electron chi connectivity index (χ4n) is 3.67. The normalized spacial score (nSPS) is 17.4. The van der Waals surface area contributed by atoms with E-state index >= 15 is 0 Å². The molecule has 1 atom stereocenters. The lowest BCUT2D eigenvalue weighted by Crippen LogP contribution is -2.04. The summed E-state index contributed by atoms with van der Waals surface area (Å²) in [6.45, 7) is 8.91. The van der Waals surface area contributed by atoms with Crippen LogP contribution in [0.2, 0.25) is 0 Å². The first-order valence-electron chi connectivity index (χ1n) is 10.1. The standard InChI is InChI=1S/C22H40/c1-4-5-6-7-8-9-10-11-12-15-20(2)18-19-21(3)22-16-13-14-17-22/h18-19,21-22H,2,4-17H2,1,3H3/b19-18-. The lowest BCUT2D eigenvalue weighted by Gasteiger charge is -2.14. The number of hydrogen-bond donors (Lipinski definition) is 0. The van der Waals surface area contributed by atoms with Crippen molar-refractivity contribution in [1.82, 2.24) is 0 Å². The van der Waals surface area contributed by atoms with Crippen LogP contribution in [-0.4, -0.2) is 0 Å². The van der Waals surface area contributed by atoms with E-state index < -0.39 is 0 Å². The molecule has 0 heterocycles. The highest BCUT2D eigenvalue weighted by atomic mass is 14.2. The van der Waals surface area contributed by atoms with Crippen molar-refractivity contribution in [3.63, 3.8) is 0 Å². The molecule has 1 unspecified atom stereocenters. The maximum Gasteiger partial charge on any atom is -0.0230 e. The second-order valence-corrected chi connectivity index (χ2v) is 7.50. The minimum atomic E-state index is 0.752. The number of hydrogen-bond acceptors (Lipinski definition) is 0. The van der Waals surface area contributed by atoms with Gasteiger partial charge in [-0.2, -0.15) is 0 Å². The molecular weight excluding hydrogens is 264 g/mol. The molecule has 1 saturated carbocycles. The Morgan fingerprint density at radius 2 is 1.50 bits per heavy atom. The Morgan fingerprint density at radius 3 is 2.09 bits per heavy atom. The van der Waals surface area contributed by atoms with Gasteiger partial charge in [-0.1, -0.05) is 102 Å². The number of rotatable bonds is 13. The van der Waals surface area contributed by atoms with E-state index in [-0.39, 0.29) is 0 Å². The Labute approximate surface area is 140 Å². The number of unbranched alkanes of at least 4 members (excludes halogenated alkanes) is 8. The summed E-state index contributed by atoms with van der Waals surface area (Å²) in [5.41, 5.74) is 1.34. The molecule has 0 bridgehead atoms. The monoisotopic (exact) mass is 304 g/mol. The largest absolute Gasteiger partial charge is 0.0958 e. The van der Waals surface area contributed by atoms with Gasteiger partial charge in [0.15, 0.2) is 0 Å². The first-order valence-corrected chi connectivity index (χ1v) is 10.1. The Balaban J connectivity index is 1.94. The third kappa shape index (κ3) is 9.49. The summed E-state index contributed by atoms with van der Waals surface area (Å²) in [7, 11) is 0. The lowest BCUT2D eigenvalue weighted by atomic mass is 9.91. The number of allylic oxidation sites excluding steroid dienone is 3. The highest BCUT2D eigenvalue weighted by Crippen LogP contribution is 2.32. The zero-order valence-corrected chi connectivity index (χ0v) is 15.4. The van der Waals surface area contributed by atoms with Crippen LogP contribution in [0.25, 0.3) is 0 Å². The topological polar surface area (TPSA) is 0 Å². The molecule has 1 rings (SSSR count). The van der Waals surface area contributed by atoms with E-state index in [0.29, 0.717) is 0 Å².